The molecule has 0 unspecified atom stereocenters. The van der Waals surface area contributed by atoms with Crippen molar-refractivity contribution in [2.75, 3.05) is 0 Å². The van der Waals surface area contributed by atoms with Gasteiger partial charge in [-0.2, -0.15) is 26.3 Å². The lowest BCUT2D eigenvalue weighted by Crippen LogP contribution is -2.27. The zero-order chi connectivity index (χ0) is 18.1. The van der Waals surface area contributed by atoms with E-state index in [-0.39, 0.29) is 12.1 Å². The van der Waals surface area contributed by atoms with Gasteiger partial charge in [0.1, 0.15) is 0 Å². The molecule has 2 rings (SSSR count). The Morgan fingerprint density at radius 3 is 2.17 bits per heavy atom. The third-order valence-electron chi connectivity index (χ3n) is 3.36. The Morgan fingerprint density at radius 1 is 1.00 bits per heavy atom. The molecule has 0 bridgehead atoms. The molecule has 0 radical (unpaired) electrons. The van der Waals surface area contributed by atoms with Gasteiger partial charge < -0.3 is 0 Å². The summed E-state index contributed by atoms with van der Waals surface area (Å²) in [4.78, 5) is 14.5. The van der Waals surface area contributed by atoms with E-state index in [0.717, 1.165) is 11.6 Å². The van der Waals surface area contributed by atoms with Crippen molar-refractivity contribution in [3.63, 3.8) is 0 Å². The van der Waals surface area contributed by atoms with Crippen molar-refractivity contribution in [1.82, 2.24) is 4.98 Å². The van der Waals surface area contributed by atoms with Crippen LogP contribution in [0.2, 0.25) is 0 Å². The second-order valence-corrected chi connectivity index (χ2v) is 5.13. The van der Waals surface area contributed by atoms with Crippen LogP contribution in [0.5, 0.6) is 0 Å². The molecule has 8 heteroatoms. The lowest BCUT2D eigenvalue weighted by Gasteiger charge is -2.14. The third-order valence-corrected chi connectivity index (χ3v) is 3.36. The summed E-state index contributed by atoms with van der Waals surface area (Å²) >= 11 is 0. The first-order valence-corrected chi connectivity index (χ1v) is 6.73. The van der Waals surface area contributed by atoms with Crippen molar-refractivity contribution in [2.45, 2.75) is 25.7 Å². The van der Waals surface area contributed by atoms with E-state index in [4.69, 9.17) is 0 Å². The summed E-state index contributed by atoms with van der Waals surface area (Å²) in [7, 11) is 0. The molecule has 0 fully saturated rings. The Morgan fingerprint density at radius 2 is 1.62 bits per heavy atom. The van der Waals surface area contributed by atoms with Gasteiger partial charge in [-0.05, 0) is 30.2 Å². The fourth-order valence-corrected chi connectivity index (χ4v) is 2.15. The van der Waals surface area contributed by atoms with Crippen molar-refractivity contribution in [1.29, 1.82) is 0 Å². The third kappa shape index (κ3) is 3.93. The normalized spacial score (nSPS) is 12.3. The zero-order valence-corrected chi connectivity index (χ0v) is 12.3. The van der Waals surface area contributed by atoms with Crippen molar-refractivity contribution < 1.29 is 31.1 Å². The maximum atomic E-state index is 13.0. The number of alkyl halides is 6. The number of halogens is 6. The Balaban J connectivity index is 2.48. The van der Waals surface area contributed by atoms with Crippen molar-refractivity contribution in [2.24, 2.45) is 0 Å². The number of hydrogen-bond acceptors (Lipinski definition) is 2. The van der Waals surface area contributed by atoms with Gasteiger partial charge in [-0.25, -0.2) is 4.98 Å². The largest absolute Gasteiger partial charge is 0.454 e. The van der Waals surface area contributed by atoms with Gasteiger partial charge in [0, 0.05) is 12.1 Å². The lowest BCUT2D eigenvalue weighted by molar-refractivity contribution is -0.142. The molecule has 1 heterocycles. The average molecular weight is 347 g/mol. The molecule has 2 aromatic rings. The summed E-state index contributed by atoms with van der Waals surface area (Å²) in [5.74, 6) is -2.57. The van der Waals surface area contributed by atoms with E-state index in [0.29, 0.717) is 11.6 Å². The number of aryl methyl sites for hydroxylation is 1. The second-order valence-electron chi connectivity index (χ2n) is 5.13. The maximum absolute atomic E-state index is 13.0. The Kier molecular flexibility index (Phi) is 4.68. The zero-order valence-electron chi connectivity index (χ0n) is 12.3. The molecular weight excluding hydrogens is 336 g/mol. The molecule has 0 aliphatic carbocycles. The molecule has 128 valence electrons. The molecule has 24 heavy (non-hydrogen) atoms. The molecule has 0 amide bonds. The molecule has 0 spiro atoms. The van der Waals surface area contributed by atoms with Gasteiger partial charge in [0.15, 0.2) is 5.69 Å². The predicted molar refractivity (Wildman–Crippen MR) is 73.6 cm³/mol. The molecule has 0 saturated heterocycles. The number of pyridine rings is 1. The van der Waals surface area contributed by atoms with Gasteiger partial charge in [0.2, 0.25) is 0 Å². The van der Waals surface area contributed by atoms with Crippen molar-refractivity contribution in [3.05, 3.63) is 64.5 Å². The van der Waals surface area contributed by atoms with Crippen LogP contribution in [0, 0.1) is 6.92 Å². The second kappa shape index (κ2) is 6.26. The average Bonchev–Trinajstić information content (AvgIpc) is 2.47. The van der Waals surface area contributed by atoms with Crippen LogP contribution in [0.3, 0.4) is 0 Å². The van der Waals surface area contributed by atoms with E-state index in [9.17, 15) is 31.1 Å². The number of carbonyl (C=O) groups is 1. The van der Waals surface area contributed by atoms with Crippen LogP contribution in [0.15, 0.2) is 36.4 Å². The van der Waals surface area contributed by atoms with Crippen LogP contribution in [-0.4, -0.2) is 16.9 Å². The Hall–Kier alpha value is -2.38. The lowest BCUT2D eigenvalue weighted by atomic mass is 10.0. The number of ketones is 1. The van der Waals surface area contributed by atoms with E-state index in [1.165, 1.54) is 0 Å². The molecule has 1 aromatic carbocycles. The summed E-state index contributed by atoms with van der Waals surface area (Å²) in [6.45, 7) is 1.75. The number of carbonyl (C=O) groups excluding carboxylic acids is 1. The van der Waals surface area contributed by atoms with Crippen LogP contribution >= 0.6 is 0 Å². The smallest absolute Gasteiger partial charge is 0.284 e. The first-order chi connectivity index (χ1) is 11.0. The van der Waals surface area contributed by atoms with Crippen molar-refractivity contribution in [3.8, 4) is 0 Å². The number of rotatable bonds is 3. The first-order valence-electron chi connectivity index (χ1n) is 6.73. The quantitative estimate of drug-likeness (QED) is 0.593. The van der Waals surface area contributed by atoms with Gasteiger partial charge >= 0.3 is 12.4 Å². The minimum Gasteiger partial charge on any atom is -0.284 e. The van der Waals surface area contributed by atoms with E-state index >= 15 is 0 Å². The van der Waals surface area contributed by atoms with Gasteiger partial charge in [0.05, 0.1) is 5.56 Å². The molecule has 2 nitrogen and oxygen atoms in total. The highest BCUT2D eigenvalue weighted by molar-refractivity contribution is 6.01. The summed E-state index contributed by atoms with van der Waals surface area (Å²) < 4.78 is 76.4. The highest BCUT2D eigenvalue weighted by Gasteiger charge is 2.45. The highest BCUT2D eigenvalue weighted by atomic mass is 19.4. The summed E-state index contributed by atoms with van der Waals surface area (Å²) in [6.07, 6.45) is -10.6. The van der Waals surface area contributed by atoms with Gasteiger partial charge in [-0.1, -0.05) is 24.3 Å². The fraction of sp³-hybridized carbons (Fsp3) is 0.250. The number of nitrogens with zero attached hydrogens (tertiary/aromatic N) is 1. The standard InChI is InChI=1S/C16H11F6NO/c1-9-4-2-3-5-10(9)8-11-6-7-12(14(24)16(20,21)22)13(23-11)15(17,18)19/h2-7H,8H2,1H3. The maximum Gasteiger partial charge on any atom is 0.454 e. The van der Waals surface area contributed by atoms with E-state index in [1.807, 2.05) is 0 Å². The SMILES string of the molecule is Cc1ccccc1Cc1ccc(C(=O)C(F)(F)F)c(C(F)(F)F)n1. The Bertz CT molecular complexity index is 764. The molecule has 1 aromatic heterocycles. The minimum absolute atomic E-state index is 0.0102. The first kappa shape index (κ1) is 18.0. The molecular formula is C16H11F6NO. The van der Waals surface area contributed by atoms with Gasteiger partial charge in [-0.15, -0.1) is 0 Å². The molecule has 0 N–H and O–H groups in total. The highest BCUT2D eigenvalue weighted by Crippen LogP contribution is 2.34. The van der Waals surface area contributed by atoms with Gasteiger partial charge in [0.25, 0.3) is 5.78 Å². The summed E-state index contributed by atoms with van der Waals surface area (Å²) in [5, 5.41) is 0. The van der Waals surface area contributed by atoms with Crippen LogP contribution in [0.1, 0.15) is 32.9 Å². The number of benzene rings is 1. The van der Waals surface area contributed by atoms with Crippen LogP contribution in [0.4, 0.5) is 26.3 Å². The topological polar surface area (TPSA) is 30.0 Å². The van der Waals surface area contributed by atoms with Crippen molar-refractivity contribution >= 4 is 5.78 Å². The Labute approximate surface area is 133 Å². The molecule has 0 aliphatic rings. The molecule has 0 aliphatic heterocycles. The number of aromatic nitrogens is 1. The molecule has 0 atom stereocenters. The van der Waals surface area contributed by atoms with E-state index < -0.39 is 29.4 Å². The van der Waals surface area contributed by atoms with Gasteiger partial charge in [-0.3, -0.25) is 4.79 Å². The van der Waals surface area contributed by atoms with E-state index in [1.54, 1.807) is 31.2 Å². The van der Waals surface area contributed by atoms with Crippen LogP contribution in [-0.2, 0) is 12.6 Å². The monoisotopic (exact) mass is 347 g/mol. The summed E-state index contributed by atoms with van der Waals surface area (Å²) in [6, 6.07) is 8.40. The predicted octanol–water partition coefficient (Wildman–Crippen LogP) is 4.74. The van der Waals surface area contributed by atoms with Crippen LogP contribution < -0.4 is 0 Å². The van der Waals surface area contributed by atoms with Crippen LogP contribution in [0.25, 0.3) is 0 Å². The number of Topliss-reactive ketones (excluding diaryl/α,β-unsaturated/α-hetero) is 1. The fourth-order valence-electron chi connectivity index (χ4n) is 2.15. The number of hydrogen-bond donors (Lipinski definition) is 0. The summed E-state index contributed by atoms with van der Waals surface area (Å²) in [5.41, 5.74) is -1.90. The van der Waals surface area contributed by atoms with E-state index in [2.05, 4.69) is 4.98 Å². The minimum atomic E-state index is -5.40. The molecule has 0 saturated carbocycles.